The predicted molar refractivity (Wildman–Crippen MR) is 84.1 cm³/mol. The van der Waals surface area contributed by atoms with Crippen LogP contribution in [0.15, 0.2) is 6.20 Å². The number of hydrogen-bond acceptors (Lipinski definition) is 4. The van der Waals surface area contributed by atoms with Crippen molar-refractivity contribution >= 4 is 5.91 Å². The second kappa shape index (κ2) is 4.91. The van der Waals surface area contributed by atoms with E-state index >= 15 is 0 Å². The van der Waals surface area contributed by atoms with Crippen molar-refractivity contribution < 1.29 is 4.79 Å². The van der Waals surface area contributed by atoms with Crippen molar-refractivity contribution in [3.8, 4) is 0 Å². The molecule has 0 saturated heterocycles. The number of aromatic nitrogens is 5. The number of rotatable bonds is 3. The van der Waals surface area contributed by atoms with E-state index in [0.717, 1.165) is 23.8 Å². The highest BCUT2D eigenvalue weighted by atomic mass is 16.1. The molecule has 23 heavy (non-hydrogen) atoms. The van der Waals surface area contributed by atoms with Crippen LogP contribution in [-0.4, -0.2) is 37.0 Å². The largest absolute Gasteiger partial charge is 0.351 e. The zero-order valence-corrected chi connectivity index (χ0v) is 13.8. The zero-order valence-electron chi connectivity index (χ0n) is 13.8. The van der Waals surface area contributed by atoms with Crippen LogP contribution in [0.3, 0.4) is 0 Å². The van der Waals surface area contributed by atoms with Crippen LogP contribution in [-0.2, 0) is 20.0 Å². The minimum absolute atomic E-state index is 0.0179. The number of hydrogen-bond donors (Lipinski definition) is 1. The summed E-state index contributed by atoms with van der Waals surface area (Å²) >= 11 is 0. The number of nitrogens with zero attached hydrogens (tertiary/aromatic N) is 5. The van der Waals surface area contributed by atoms with Gasteiger partial charge >= 0.3 is 0 Å². The molecule has 1 N–H and O–H groups in total. The maximum absolute atomic E-state index is 12.2. The van der Waals surface area contributed by atoms with Crippen molar-refractivity contribution in [3.05, 3.63) is 29.1 Å². The van der Waals surface area contributed by atoms with Crippen LogP contribution < -0.4 is 5.32 Å². The molecular weight excluding hydrogens is 292 g/mol. The molecule has 7 heteroatoms. The van der Waals surface area contributed by atoms with E-state index in [1.54, 1.807) is 0 Å². The minimum atomic E-state index is -0.0338. The molecule has 0 spiro atoms. The lowest BCUT2D eigenvalue weighted by molar-refractivity contribution is 0.0944. The predicted octanol–water partition coefficient (Wildman–Crippen LogP) is 1.25. The third-order valence-electron chi connectivity index (χ3n) is 4.57. The lowest BCUT2D eigenvalue weighted by Crippen LogP contribution is -2.31. The van der Waals surface area contributed by atoms with Crippen LogP contribution in [0.5, 0.6) is 0 Å². The summed E-state index contributed by atoms with van der Waals surface area (Å²) in [4.78, 5) is 16.9. The van der Waals surface area contributed by atoms with Crippen molar-refractivity contribution in [1.29, 1.82) is 0 Å². The summed E-state index contributed by atoms with van der Waals surface area (Å²) < 4.78 is 3.64. The summed E-state index contributed by atoms with van der Waals surface area (Å²) in [5.41, 5.74) is 1.57. The molecular formula is C16H22N6O. The molecule has 2 aromatic rings. The number of carbonyl (C=O) groups is 1. The monoisotopic (exact) mass is 314 g/mol. The van der Waals surface area contributed by atoms with Gasteiger partial charge < -0.3 is 5.32 Å². The van der Waals surface area contributed by atoms with Crippen molar-refractivity contribution in [3.63, 3.8) is 0 Å². The molecule has 0 unspecified atom stereocenters. The highest BCUT2D eigenvalue weighted by Crippen LogP contribution is 2.38. The fourth-order valence-corrected chi connectivity index (χ4v) is 3.03. The topological polar surface area (TPSA) is 77.6 Å². The first-order valence-corrected chi connectivity index (χ1v) is 8.16. The smallest absolute Gasteiger partial charge is 0.254 e. The standard InChI is InChI=1S/C16H22N6O/c1-16(2)6-12-11(15(23)17-9-16)7-22(19-12)8-13-18-14(10-4-5-10)20-21(13)3/h7,10H,4-6,8-9H2,1-3H3,(H,17,23). The SMILES string of the molecule is Cn1nc(C2CC2)nc1Cn1cc2c(n1)CC(C)(C)CNC2=O. The molecule has 2 aromatic heterocycles. The Morgan fingerprint density at radius 2 is 2.13 bits per heavy atom. The summed E-state index contributed by atoms with van der Waals surface area (Å²) in [7, 11) is 1.92. The van der Waals surface area contributed by atoms with E-state index in [4.69, 9.17) is 0 Å². The average molecular weight is 314 g/mol. The van der Waals surface area contributed by atoms with Gasteiger partial charge in [-0.15, -0.1) is 0 Å². The number of aryl methyl sites for hydroxylation is 1. The summed E-state index contributed by atoms with van der Waals surface area (Å²) in [6.07, 6.45) is 5.00. The number of nitrogens with one attached hydrogen (secondary N) is 1. The Bertz CT molecular complexity index is 768. The van der Waals surface area contributed by atoms with Crippen molar-refractivity contribution in [2.45, 2.75) is 45.6 Å². The molecule has 7 nitrogen and oxygen atoms in total. The Hall–Kier alpha value is -2.18. The molecule has 0 radical (unpaired) electrons. The number of fused-ring (bicyclic) bond motifs is 1. The van der Waals surface area contributed by atoms with Gasteiger partial charge in [-0.3, -0.25) is 14.2 Å². The van der Waals surface area contributed by atoms with E-state index < -0.39 is 0 Å². The molecule has 1 fully saturated rings. The van der Waals surface area contributed by atoms with E-state index in [9.17, 15) is 4.79 Å². The van der Waals surface area contributed by atoms with Crippen LogP contribution in [0.25, 0.3) is 0 Å². The third-order valence-corrected chi connectivity index (χ3v) is 4.57. The van der Waals surface area contributed by atoms with Crippen LogP contribution in [0, 0.1) is 5.41 Å². The molecule has 2 aliphatic rings. The summed E-state index contributed by atoms with van der Waals surface area (Å²) in [5, 5.41) is 12.1. The van der Waals surface area contributed by atoms with Gasteiger partial charge in [0.1, 0.15) is 12.4 Å². The van der Waals surface area contributed by atoms with Gasteiger partial charge in [-0.2, -0.15) is 10.2 Å². The van der Waals surface area contributed by atoms with Gasteiger partial charge in [0, 0.05) is 25.7 Å². The second-order valence-corrected chi connectivity index (χ2v) is 7.49. The van der Waals surface area contributed by atoms with Gasteiger partial charge in [-0.1, -0.05) is 13.8 Å². The molecule has 122 valence electrons. The molecule has 0 bridgehead atoms. The van der Waals surface area contributed by atoms with E-state index in [2.05, 4.69) is 34.3 Å². The quantitative estimate of drug-likeness (QED) is 0.925. The normalized spacial score (nSPS) is 20.0. The van der Waals surface area contributed by atoms with Gasteiger partial charge in [0.2, 0.25) is 0 Å². The zero-order chi connectivity index (χ0) is 16.2. The van der Waals surface area contributed by atoms with Crippen molar-refractivity contribution in [2.24, 2.45) is 12.5 Å². The average Bonchev–Trinajstić information content (AvgIpc) is 3.19. The first-order valence-electron chi connectivity index (χ1n) is 8.16. The maximum atomic E-state index is 12.2. The second-order valence-electron chi connectivity index (χ2n) is 7.49. The van der Waals surface area contributed by atoms with Crippen LogP contribution >= 0.6 is 0 Å². The molecule has 3 heterocycles. The molecule has 1 aliphatic heterocycles. The number of amides is 1. The van der Waals surface area contributed by atoms with Crippen LogP contribution in [0.2, 0.25) is 0 Å². The molecule has 1 aliphatic carbocycles. The van der Waals surface area contributed by atoms with Gasteiger partial charge in [-0.05, 0) is 24.7 Å². The lowest BCUT2D eigenvalue weighted by Gasteiger charge is -2.21. The van der Waals surface area contributed by atoms with Crippen molar-refractivity contribution in [2.75, 3.05) is 6.54 Å². The summed E-state index contributed by atoms with van der Waals surface area (Å²) in [6, 6.07) is 0. The number of carbonyl (C=O) groups excluding carboxylic acids is 1. The first kappa shape index (κ1) is 14.4. The van der Waals surface area contributed by atoms with Crippen molar-refractivity contribution in [1.82, 2.24) is 29.9 Å². The van der Waals surface area contributed by atoms with E-state index in [-0.39, 0.29) is 11.3 Å². The molecule has 0 atom stereocenters. The van der Waals surface area contributed by atoms with E-state index in [1.807, 2.05) is 22.6 Å². The molecule has 0 aromatic carbocycles. The Morgan fingerprint density at radius 1 is 1.35 bits per heavy atom. The molecule has 1 amide bonds. The van der Waals surface area contributed by atoms with Crippen LogP contribution in [0.1, 0.15) is 60.3 Å². The molecule has 4 rings (SSSR count). The highest BCUT2D eigenvalue weighted by molar-refractivity contribution is 5.95. The maximum Gasteiger partial charge on any atom is 0.254 e. The fraction of sp³-hybridized carbons (Fsp3) is 0.625. The summed E-state index contributed by atoms with van der Waals surface area (Å²) in [5.74, 6) is 2.32. The third kappa shape index (κ3) is 2.75. The van der Waals surface area contributed by atoms with Gasteiger partial charge in [-0.25, -0.2) is 4.98 Å². The Labute approximate surface area is 135 Å². The van der Waals surface area contributed by atoms with Gasteiger partial charge in [0.25, 0.3) is 5.91 Å². The molecule has 1 saturated carbocycles. The minimum Gasteiger partial charge on any atom is -0.351 e. The van der Waals surface area contributed by atoms with Gasteiger partial charge in [0.15, 0.2) is 5.82 Å². The Balaban J connectivity index is 1.61. The summed E-state index contributed by atoms with van der Waals surface area (Å²) in [6.45, 7) is 5.51. The van der Waals surface area contributed by atoms with Gasteiger partial charge in [0.05, 0.1) is 11.3 Å². The van der Waals surface area contributed by atoms with E-state index in [0.29, 0.717) is 24.6 Å². The Morgan fingerprint density at radius 3 is 2.87 bits per heavy atom. The van der Waals surface area contributed by atoms with Crippen LogP contribution in [0.4, 0.5) is 0 Å². The Kier molecular flexibility index (Phi) is 3.08. The highest BCUT2D eigenvalue weighted by Gasteiger charge is 2.30. The first-order chi connectivity index (χ1) is 10.9. The van der Waals surface area contributed by atoms with E-state index in [1.165, 1.54) is 12.8 Å². The fourth-order valence-electron chi connectivity index (χ4n) is 3.03. The lowest BCUT2D eigenvalue weighted by atomic mass is 9.88.